The Morgan fingerprint density at radius 3 is 2.55 bits per heavy atom. The van der Waals surface area contributed by atoms with Crippen LogP contribution in [0.3, 0.4) is 0 Å². The first-order valence-corrected chi connectivity index (χ1v) is 7.43. The zero-order valence-corrected chi connectivity index (χ0v) is 12.9. The molecule has 1 aromatic heterocycles. The van der Waals surface area contributed by atoms with Crippen molar-refractivity contribution in [2.75, 3.05) is 0 Å². The number of carbonyl (C=O) groups is 1. The minimum atomic E-state index is -4.43. The second-order valence-corrected chi connectivity index (χ2v) is 6.29. The number of carbonyl (C=O) groups excluding carboxylic acids is 1. The van der Waals surface area contributed by atoms with E-state index in [1.165, 1.54) is 23.5 Å². The Bertz CT molecular complexity index is 651. The molecule has 0 saturated carbocycles. The number of alkyl halides is 3. The lowest BCUT2D eigenvalue weighted by Gasteiger charge is -2.24. The summed E-state index contributed by atoms with van der Waals surface area (Å²) >= 11 is 1.40. The molecular weight excluding hydrogens is 313 g/mol. The monoisotopic (exact) mass is 328 g/mol. The van der Waals surface area contributed by atoms with Crippen LogP contribution >= 0.6 is 11.3 Å². The first-order chi connectivity index (χ1) is 10.2. The van der Waals surface area contributed by atoms with E-state index in [1.54, 1.807) is 25.4 Å². The summed E-state index contributed by atoms with van der Waals surface area (Å²) in [5.41, 5.74) is -1.51. The molecule has 7 heteroatoms. The molecule has 0 radical (unpaired) electrons. The summed E-state index contributed by atoms with van der Waals surface area (Å²) in [6.45, 7) is 3.46. The van der Waals surface area contributed by atoms with Crippen LogP contribution in [0.1, 0.15) is 30.0 Å². The lowest BCUT2D eigenvalue weighted by atomic mass is 9.83. The van der Waals surface area contributed by atoms with E-state index in [9.17, 15) is 18.0 Å². The van der Waals surface area contributed by atoms with E-state index in [-0.39, 0.29) is 12.5 Å². The Kier molecular flexibility index (Phi) is 4.55. The molecule has 0 aliphatic rings. The van der Waals surface area contributed by atoms with Gasteiger partial charge >= 0.3 is 6.18 Å². The third-order valence-electron chi connectivity index (χ3n) is 3.36. The van der Waals surface area contributed by atoms with Crippen molar-refractivity contribution in [1.82, 2.24) is 10.3 Å². The maximum absolute atomic E-state index is 12.8. The molecule has 1 heterocycles. The Balaban J connectivity index is 2.16. The fourth-order valence-electron chi connectivity index (χ4n) is 1.93. The van der Waals surface area contributed by atoms with Gasteiger partial charge in [0.1, 0.15) is 5.01 Å². The predicted octanol–water partition coefficient (Wildman–Crippen LogP) is 3.76. The number of hydrogen-bond donors (Lipinski definition) is 1. The van der Waals surface area contributed by atoms with Gasteiger partial charge in [0.15, 0.2) is 0 Å². The standard InChI is InChI=1S/C15H15F3N2OS/c1-14(2,13(21)20-9-12-19-6-7-22-12)10-4-3-5-11(8-10)15(16,17)18/h3-8H,9H2,1-2H3,(H,20,21). The van der Waals surface area contributed by atoms with Crippen LogP contribution < -0.4 is 5.32 Å². The van der Waals surface area contributed by atoms with E-state index in [4.69, 9.17) is 0 Å². The van der Waals surface area contributed by atoms with Gasteiger partial charge in [-0.1, -0.05) is 18.2 Å². The minimum Gasteiger partial charge on any atom is -0.349 e. The third-order valence-corrected chi connectivity index (χ3v) is 4.14. The molecule has 1 N–H and O–H groups in total. The maximum Gasteiger partial charge on any atom is 0.416 e. The van der Waals surface area contributed by atoms with Crippen molar-refractivity contribution >= 4 is 17.2 Å². The Labute approximate surface area is 130 Å². The van der Waals surface area contributed by atoms with Crippen molar-refractivity contribution in [2.24, 2.45) is 0 Å². The average molecular weight is 328 g/mol. The molecule has 0 aliphatic carbocycles. The summed E-state index contributed by atoms with van der Waals surface area (Å²) in [6.07, 6.45) is -2.80. The van der Waals surface area contributed by atoms with E-state index < -0.39 is 17.2 Å². The Hall–Kier alpha value is -1.89. The quantitative estimate of drug-likeness (QED) is 0.928. The normalized spacial score (nSPS) is 12.2. The van der Waals surface area contributed by atoms with Crippen LogP contribution in [-0.2, 0) is 22.9 Å². The number of nitrogens with one attached hydrogen (secondary N) is 1. The molecule has 22 heavy (non-hydrogen) atoms. The van der Waals surface area contributed by atoms with Crippen molar-refractivity contribution in [3.8, 4) is 0 Å². The molecule has 3 nitrogen and oxygen atoms in total. The van der Waals surface area contributed by atoms with Gasteiger partial charge in [-0.2, -0.15) is 13.2 Å². The highest BCUT2D eigenvalue weighted by Crippen LogP contribution is 2.32. The van der Waals surface area contributed by atoms with Crippen molar-refractivity contribution in [3.05, 3.63) is 52.0 Å². The van der Waals surface area contributed by atoms with Crippen molar-refractivity contribution in [3.63, 3.8) is 0 Å². The molecule has 1 amide bonds. The molecule has 2 rings (SSSR count). The number of amides is 1. The molecule has 1 aromatic carbocycles. The Morgan fingerprint density at radius 2 is 1.95 bits per heavy atom. The fraction of sp³-hybridized carbons (Fsp3) is 0.333. The largest absolute Gasteiger partial charge is 0.416 e. The average Bonchev–Trinajstić information content (AvgIpc) is 2.97. The second kappa shape index (κ2) is 6.08. The lowest BCUT2D eigenvalue weighted by Crippen LogP contribution is -2.39. The van der Waals surface area contributed by atoms with Crippen LogP contribution in [0.15, 0.2) is 35.8 Å². The van der Waals surface area contributed by atoms with Gasteiger partial charge in [0, 0.05) is 11.6 Å². The fourth-order valence-corrected chi connectivity index (χ4v) is 2.49. The van der Waals surface area contributed by atoms with E-state index in [1.807, 2.05) is 0 Å². The molecule has 118 valence electrons. The van der Waals surface area contributed by atoms with Crippen LogP contribution in [0.25, 0.3) is 0 Å². The van der Waals surface area contributed by atoms with Crippen LogP contribution in [-0.4, -0.2) is 10.9 Å². The lowest BCUT2D eigenvalue weighted by molar-refractivity contribution is -0.138. The van der Waals surface area contributed by atoms with E-state index in [0.717, 1.165) is 17.1 Å². The van der Waals surface area contributed by atoms with Crippen molar-refractivity contribution < 1.29 is 18.0 Å². The van der Waals surface area contributed by atoms with Crippen molar-refractivity contribution in [2.45, 2.75) is 32.0 Å². The molecule has 0 bridgehead atoms. The highest BCUT2D eigenvalue weighted by molar-refractivity contribution is 7.09. The molecule has 2 aromatic rings. The number of thiazole rings is 1. The molecular formula is C15H15F3N2OS. The number of benzene rings is 1. The van der Waals surface area contributed by atoms with Crippen LogP contribution in [0.5, 0.6) is 0 Å². The van der Waals surface area contributed by atoms with Crippen LogP contribution in [0.4, 0.5) is 13.2 Å². The smallest absolute Gasteiger partial charge is 0.349 e. The van der Waals surface area contributed by atoms with Gasteiger partial charge in [-0.05, 0) is 25.5 Å². The van der Waals surface area contributed by atoms with Gasteiger partial charge in [-0.25, -0.2) is 4.98 Å². The minimum absolute atomic E-state index is 0.263. The van der Waals surface area contributed by atoms with E-state index in [2.05, 4.69) is 10.3 Å². The summed E-state index contributed by atoms with van der Waals surface area (Å²) in [7, 11) is 0. The van der Waals surface area contributed by atoms with Crippen LogP contribution in [0.2, 0.25) is 0 Å². The first kappa shape index (κ1) is 16.5. The number of rotatable bonds is 4. The molecule has 0 unspecified atom stereocenters. The first-order valence-electron chi connectivity index (χ1n) is 6.55. The molecule has 0 aliphatic heterocycles. The summed E-state index contributed by atoms with van der Waals surface area (Å²) in [5, 5.41) is 5.24. The molecule has 0 saturated heterocycles. The summed E-state index contributed by atoms with van der Waals surface area (Å²) in [5.74, 6) is -0.345. The zero-order valence-electron chi connectivity index (χ0n) is 12.1. The van der Waals surface area contributed by atoms with Gasteiger partial charge in [0.25, 0.3) is 0 Å². The van der Waals surface area contributed by atoms with Crippen molar-refractivity contribution in [1.29, 1.82) is 0 Å². The van der Waals surface area contributed by atoms with Gasteiger partial charge in [0.05, 0.1) is 17.5 Å². The number of halogens is 3. The number of hydrogen-bond acceptors (Lipinski definition) is 3. The van der Waals surface area contributed by atoms with Crippen LogP contribution in [0, 0.1) is 0 Å². The summed E-state index contributed by atoms with van der Waals surface area (Å²) < 4.78 is 38.4. The molecule has 0 atom stereocenters. The highest BCUT2D eigenvalue weighted by atomic mass is 32.1. The second-order valence-electron chi connectivity index (χ2n) is 5.31. The zero-order chi connectivity index (χ0) is 16.4. The highest BCUT2D eigenvalue weighted by Gasteiger charge is 2.34. The van der Waals surface area contributed by atoms with Gasteiger partial charge in [-0.15, -0.1) is 11.3 Å². The third kappa shape index (κ3) is 3.65. The molecule has 0 spiro atoms. The Morgan fingerprint density at radius 1 is 1.27 bits per heavy atom. The van der Waals surface area contributed by atoms with Gasteiger partial charge in [0.2, 0.25) is 5.91 Å². The van der Waals surface area contributed by atoms with Gasteiger partial charge < -0.3 is 5.32 Å². The van der Waals surface area contributed by atoms with E-state index in [0.29, 0.717) is 5.56 Å². The number of aromatic nitrogens is 1. The summed E-state index contributed by atoms with van der Waals surface area (Å²) in [4.78, 5) is 16.4. The SMILES string of the molecule is CC(C)(C(=O)NCc1nccs1)c1cccc(C(F)(F)F)c1. The van der Waals surface area contributed by atoms with Gasteiger partial charge in [-0.3, -0.25) is 4.79 Å². The summed E-state index contributed by atoms with van der Waals surface area (Å²) in [6, 6.07) is 4.85. The maximum atomic E-state index is 12.8. The van der Waals surface area contributed by atoms with E-state index >= 15 is 0 Å². The number of nitrogens with zero attached hydrogens (tertiary/aromatic N) is 1. The topological polar surface area (TPSA) is 42.0 Å². The predicted molar refractivity (Wildman–Crippen MR) is 78.4 cm³/mol. The molecule has 0 fully saturated rings.